The number of carbonyl (C=O) groups excluding carboxylic acids is 1. The highest BCUT2D eigenvalue weighted by molar-refractivity contribution is 6.06. The van der Waals surface area contributed by atoms with Crippen molar-refractivity contribution in [1.82, 2.24) is 4.90 Å². The van der Waals surface area contributed by atoms with Crippen molar-refractivity contribution < 1.29 is 4.79 Å². The molecular formula is C21H26N2O. The molecule has 0 saturated carbocycles. The van der Waals surface area contributed by atoms with Crippen LogP contribution in [0.3, 0.4) is 0 Å². The second kappa shape index (κ2) is 8.46. The third-order valence-electron chi connectivity index (χ3n) is 3.77. The van der Waals surface area contributed by atoms with E-state index in [0.717, 1.165) is 23.4 Å². The van der Waals surface area contributed by atoms with Gasteiger partial charge in [0.25, 0.3) is 5.91 Å². The summed E-state index contributed by atoms with van der Waals surface area (Å²) in [6.45, 7) is 4.95. The molecule has 0 fully saturated rings. The number of nitrogens with one attached hydrogen (secondary N) is 1. The van der Waals surface area contributed by atoms with E-state index in [1.165, 1.54) is 11.1 Å². The molecule has 0 saturated heterocycles. The number of aryl methyl sites for hydroxylation is 1. The minimum absolute atomic E-state index is 0.0423. The first-order valence-electron chi connectivity index (χ1n) is 8.30. The first kappa shape index (κ1) is 18.0. The van der Waals surface area contributed by atoms with Crippen LogP contribution in [0.15, 0.2) is 54.1 Å². The fourth-order valence-electron chi connectivity index (χ4n) is 2.56. The monoisotopic (exact) mass is 322 g/mol. The Balaban J connectivity index is 2.09. The van der Waals surface area contributed by atoms with E-state index in [1.54, 1.807) is 0 Å². The Labute approximate surface area is 145 Å². The smallest absolute Gasteiger partial charge is 0.251 e. The van der Waals surface area contributed by atoms with Gasteiger partial charge in [-0.15, -0.1) is 0 Å². The average Bonchev–Trinajstić information content (AvgIpc) is 2.54. The van der Waals surface area contributed by atoms with E-state index in [0.29, 0.717) is 6.42 Å². The Morgan fingerprint density at radius 2 is 1.83 bits per heavy atom. The number of hydrogen-bond acceptors (Lipinski definition) is 2. The molecule has 1 N–H and O–H groups in total. The van der Waals surface area contributed by atoms with Crippen molar-refractivity contribution in [3.8, 4) is 0 Å². The highest BCUT2D eigenvalue weighted by Crippen LogP contribution is 2.16. The van der Waals surface area contributed by atoms with Crippen LogP contribution in [-0.2, 0) is 11.3 Å². The fraction of sp³-hybridized carbons (Fsp3) is 0.286. The van der Waals surface area contributed by atoms with Gasteiger partial charge < -0.3 is 10.2 Å². The Kier molecular flexibility index (Phi) is 6.33. The van der Waals surface area contributed by atoms with Crippen molar-refractivity contribution in [2.45, 2.75) is 26.8 Å². The third kappa shape index (κ3) is 5.36. The molecule has 3 nitrogen and oxygen atoms in total. The van der Waals surface area contributed by atoms with Gasteiger partial charge in [-0.1, -0.05) is 48.9 Å². The SMILES string of the molecule is CCC(=Cc1cccc(C)c1)C(=O)Nc1ccc(CN(C)C)cc1. The summed E-state index contributed by atoms with van der Waals surface area (Å²) in [6.07, 6.45) is 2.65. The summed E-state index contributed by atoms with van der Waals surface area (Å²) in [5.74, 6) is -0.0423. The Hall–Kier alpha value is -2.39. The van der Waals surface area contributed by atoms with Gasteiger partial charge in [-0.05, 0) is 56.8 Å². The van der Waals surface area contributed by atoms with Gasteiger partial charge in [0.05, 0.1) is 0 Å². The first-order valence-corrected chi connectivity index (χ1v) is 8.30. The van der Waals surface area contributed by atoms with Crippen LogP contribution < -0.4 is 5.32 Å². The van der Waals surface area contributed by atoms with Crippen molar-refractivity contribution in [3.63, 3.8) is 0 Å². The summed E-state index contributed by atoms with van der Waals surface area (Å²) < 4.78 is 0. The molecule has 2 rings (SSSR count). The number of rotatable bonds is 6. The van der Waals surface area contributed by atoms with Gasteiger partial charge in [0.2, 0.25) is 0 Å². The van der Waals surface area contributed by atoms with Gasteiger partial charge in [-0.25, -0.2) is 0 Å². The van der Waals surface area contributed by atoms with Crippen LogP contribution in [0.5, 0.6) is 0 Å². The number of carbonyl (C=O) groups is 1. The van der Waals surface area contributed by atoms with Gasteiger partial charge in [-0.2, -0.15) is 0 Å². The fourth-order valence-corrected chi connectivity index (χ4v) is 2.56. The van der Waals surface area contributed by atoms with Crippen LogP contribution in [0.2, 0.25) is 0 Å². The molecule has 0 spiro atoms. The van der Waals surface area contributed by atoms with Crippen LogP contribution >= 0.6 is 0 Å². The highest BCUT2D eigenvalue weighted by atomic mass is 16.1. The lowest BCUT2D eigenvalue weighted by Gasteiger charge is -2.11. The second-order valence-electron chi connectivity index (χ2n) is 6.33. The van der Waals surface area contributed by atoms with Crippen LogP contribution in [-0.4, -0.2) is 24.9 Å². The second-order valence-corrected chi connectivity index (χ2v) is 6.33. The summed E-state index contributed by atoms with van der Waals surface area (Å²) in [6, 6.07) is 16.2. The molecule has 126 valence electrons. The van der Waals surface area contributed by atoms with E-state index < -0.39 is 0 Å². The molecular weight excluding hydrogens is 296 g/mol. The standard InChI is InChI=1S/C21H26N2O/c1-5-19(14-18-8-6-7-16(2)13-18)21(24)22-20-11-9-17(10-12-20)15-23(3)4/h6-14H,5,15H2,1-4H3,(H,22,24). The molecule has 0 aliphatic rings. The first-order chi connectivity index (χ1) is 11.5. The normalized spacial score (nSPS) is 11.6. The van der Waals surface area contributed by atoms with Crippen LogP contribution in [0.4, 0.5) is 5.69 Å². The van der Waals surface area contributed by atoms with E-state index in [2.05, 4.69) is 29.3 Å². The van der Waals surface area contributed by atoms with E-state index >= 15 is 0 Å². The number of benzene rings is 2. The van der Waals surface area contributed by atoms with Gasteiger partial charge in [0.15, 0.2) is 0 Å². The lowest BCUT2D eigenvalue weighted by atomic mass is 10.1. The molecule has 24 heavy (non-hydrogen) atoms. The molecule has 0 aliphatic heterocycles. The number of amides is 1. The Bertz CT molecular complexity index is 715. The van der Waals surface area contributed by atoms with Crippen molar-refractivity contribution in [2.75, 3.05) is 19.4 Å². The van der Waals surface area contributed by atoms with Crippen molar-refractivity contribution in [2.24, 2.45) is 0 Å². The largest absolute Gasteiger partial charge is 0.322 e. The van der Waals surface area contributed by atoms with Gasteiger partial charge in [0, 0.05) is 17.8 Å². The molecule has 3 heteroatoms. The van der Waals surface area contributed by atoms with Gasteiger partial charge in [-0.3, -0.25) is 4.79 Å². The molecule has 0 aliphatic carbocycles. The summed E-state index contributed by atoms with van der Waals surface area (Å²) in [5, 5.41) is 2.99. The molecule has 2 aromatic rings. The zero-order valence-corrected chi connectivity index (χ0v) is 15.0. The Morgan fingerprint density at radius 3 is 2.42 bits per heavy atom. The minimum Gasteiger partial charge on any atom is -0.322 e. The van der Waals surface area contributed by atoms with E-state index in [9.17, 15) is 4.79 Å². The predicted octanol–water partition coefficient (Wildman–Crippen LogP) is 4.49. The molecule has 2 aromatic carbocycles. The third-order valence-corrected chi connectivity index (χ3v) is 3.77. The van der Waals surface area contributed by atoms with Crippen LogP contribution in [0, 0.1) is 6.92 Å². The maximum Gasteiger partial charge on any atom is 0.251 e. The maximum absolute atomic E-state index is 12.5. The molecule has 0 atom stereocenters. The lowest BCUT2D eigenvalue weighted by molar-refractivity contribution is -0.112. The average molecular weight is 322 g/mol. The highest BCUT2D eigenvalue weighted by Gasteiger charge is 2.08. The molecule has 0 aromatic heterocycles. The minimum atomic E-state index is -0.0423. The van der Waals surface area contributed by atoms with Crippen molar-refractivity contribution >= 4 is 17.7 Å². The number of nitrogens with zero attached hydrogens (tertiary/aromatic N) is 1. The van der Waals surface area contributed by atoms with Crippen LogP contribution in [0.25, 0.3) is 6.08 Å². The lowest BCUT2D eigenvalue weighted by Crippen LogP contribution is -2.14. The quantitative estimate of drug-likeness (QED) is 0.795. The van der Waals surface area contributed by atoms with Crippen molar-refractivity contribution in [3.05, 3.63) is 70.8 Å². The van der Waals surface area contributed by atoms with E-state index in [-0.39, 0.29) is 5.91 Å². The predicted molar refractivity (Wildman–Crippen MR) is 102 cm³/mol. The van der Waals surface area contributed by atoms with Crippen LogP contribution in [0.1, 0.15) is 30.0 Å². The molecule has 0 unspecified atom stereocenters. The summed E-state index contributed by atoms with van der Waals surface area (Å²) in [5.41, 5.74) is 5.08. The maximum atomic E-state index is 12.5. The van der Waals surface area contributed by atoms with Gasteiger partial charge >= 0.3 is 0 Å². The number of anilines is 1. The summed E-state index contributed by atoms with van der Waals surface area (Å²) in [4.78, 5) is 14.6. The molecule has 0 heterocycles. The number of hydrogen-bond donors (Lipinski definition) is 1. The molecule has 1 amide bonds. The van der Waals surface area contributed by atoms with E-state index in [1.807, 2.05) is 63.5 Å². The summed E-state index contributed by atoms with van der Waals surface area (Å²) >= 11 is 0. The molecule has 0 radical (unpaired) electrons. The topological polar surface area (TPSA) is 32.3 Å². The van der Waals surface area contributed by atoms with E-state index in [4.69, 9.17) is 0 Å². The summed E-state index contributed by atoms with van der Waals surface area (Å²) in [7, 11) is 4.08. The van der Waals surface area contributed by atoms with Gasteiger partial charge in [0.1, 0.15) is 0 Å². The zero-order valence-electron chi connectivity index (χ0n) is 15.0. The Morgan fingerprint density at radius 1 is 1.12 bits per heavy atom. The zero-order chi connectivity index (χ0) is 17.5. The molecule has 0 bridgehead atoms. The van der Waals surface area contributed by atoms with Crippen molar-refractivity contribution in [1.29, 1.82) is 0 Å².